The number of hydrogen-bond acceptors (Lipinski definition) is 3. The van der Waals surface area contributed by atoms with Crippen LogP contribution in [0.5, 0.6) is 0 Å². The van der Waals surface area contributed by atoms with Crippen LogP contribution in [-0.2, 0) is 4.79 Å². The molecular weight excluding hydrogens is 240 g/mol. The Bertz CT molecular complexity index is 528. The Balaban J connectivity index is 2.11. The van der Waals surface area contributed by atoms with Gasteiger partial charge in [0.25, 0.3) is 5.91 Å². The van der Waals surface area contributed by atoms with Crippen molar-refractivity contribution in [1.29, 1.82) is 5.26 Å². The molecule has 98 valence electrons. The number of carbonyl (C=O) groups excluding carboxylic acids is 2. The Labute approximate surface area is 112 Å². The van der Waals surface area contributed by atoms with Crippen molar-refractivity contribution in [3.63, 3.8) is 0 Å². The van der Waals surface area contributed by atoms with Gasteiger partial charge < -0.3 is 4.90 Å². The Morgan fingerprint density at radius 1 is 1.42 bits per heavy atom. The lowest BCUT2D eigenvalue weighted by Gasteiger charge is -2.31. The number of amides is 1. The number of benzene rings is 1. The van der Waals surface area contributed by atoms with Gasteiger partial charge in [-0.25, -0.2) is 0 Å². The van der Waals surface area contributed by atoms with E-state index in [2.05, 4.69) is 0 Å². The molecule has 0 saturated carbocycles. The van der Waals surface area contributed by atoms with E-state index in [1.54, 1.807) is 29.2 Å². The molecule has 4 nitrogen and oxygen atoms in total. The molecule has 1 amide bonds. The molecular formula is C15H16N2O2. The second-order valence-electron chi connectivity index (χ2n) is 4.76. The first-order valence-corrected chi connectivity index (χ1v) is 6.48. The number of ketones is 1. The third-order valence-electron chi connectivity index (χ3n) is 3.57. The van der Waals surface area contributed by atoms with Gasteiger partial charge in [0.1, 0.15) is 5.78 Å². The van der Waals surface area contributed by atoms with Crippen molar-refractivity contribution in [2.24, 2.45) is 5.92 Å². The van der Waals surface area contributed by atoms with Crippen molar-refractivity contribution in [2.45, 2.75) is 19.8 Å². The lowest BCUT2D eigenvalue weighted by atomic mass is 9.93. The predicted molar refractivity (Wildman–Crippen MR) is 70.5 cm³/mol. The number of nitriles is 1. The van der Waals surface area contributed by atoms with Crippen LogP contribution in [0.2, 0.25) is 0 Å². The van der Waals surface area contributed by atoms with E-state index in [1.807, 2.05) is 13.0 Å². The molecule has 2 rings (SSSR count). The lowest BCUT2D eigenvalue weighted by Crippen LogP contribution is -2.43. The molecule has 1 aromatic carbocycles. The summed E-state index contributed by atoms with van der Waals surface area (Å²) >= 11 is 0. The summed E-state index contributed by atoms with van der Waals surface area (Å²) in [6.45, 7) is 2.97. The summed E-state index contributed by atoms with van der Waals surface area (Å²) < 4.78 is 0. The average Bonchev–Trinajstić information content (AvgIpc) is 2.47. The van der Waals surface area contributed by atoms with E-state index in [1.165, 1.54) is 0 Å². The second-order valence-corrected chi connectivity index (χ2v) is 4.76. The molecule has 0 spiro atoms. The molecule has 4 heteroatoms. The van der Waals surface area contributed by atoms with Gasteiger partial charge in [0.2, 0.25) is 0 Å². The van der Waals surface area contributed by atoms with Crippen LogP contribution >= 0.6 is 0 Å². The van der Waals surface area contributed by atoms with E-state index in [4.69, 9.17) is 5.26 Å². The van der Waals surface area contributed by atoms with Gasteiger partial charge in [0.05, 0.1) is 11.6 Å². The van der Waals surface area contributed by atoms with Gasteiger partial charge in [-0.15, -0.1) is 0 Å². The molecule has 1 atom stereocenters. The highest BCUT2D eigenvalue weighted by Crippen LogP contribution is 2.18. The summed E-state index contributed by atoms with van der Waals surface area (Å²) in [6.07, 6.45) is 1.22. The summed E-state index contributed by atoms with van der Waals surface area (Å²) in [4.78, 5) is 25.7. The number of Topliss-reactive ketones (excluding diaryl/α,β-unsaturated/α-hetero) is 1. The third-order valence-corrected chi connectivity index (χ3v) is 3.57. The van der Waals surface area contributed by atoms with E-state index in [0.717, 1.165) is 6.42 Å². The Morgan fingerprint density at radius 3 is 2.68 bits per heavy atom. The van der Waals surface area contributed by atoms with Crippen LogP contribution in [0.15, 0.2) is 24.3 Å². The van der Waals surface area contributed by atoms with E-state index < -0.39 is 0 Å². The highest BCUT2D eigenvalue weighted by Gasteiger charge is 2.28. The van der Waals surface area contributed by atoms with Crippen LogP contribution in [0.1, 0.15) is 35.7 Å². The molecule has 0 aromatic heterocycles. The minimum absolute atomic E-state index is 0.0314. The van der Waals surface area contributed by atoms with Gasteiger partial charge >= 0.3 is 0 Å². The molecule has 1 aliphatic heterocycles. The summed E-state index contributed by atoms with van der Waals surface area (Å²) in [5, 5.41) is 8.73. The number of likely N-dealkylation sites (tertiary alicyclic amines) is 1. The largest absolute Gasteiger partial charge is 0.337 e. The van der Waals surface area contributed by atoms with Gasteiger partial charge in [0, 0.05) is 31.0 Å². The Hall–Kier alpha value is -2.15. The van der Waals surface area contributed by atoms with Crippen LogP contribution in [0.4, 0.5) is 0 Å². The maximum absolute atomic E-state index is 12.3. The molecule has 1 aliphatic rings. The summed E-state index contributed by atoms with van der Waals surface area (Å²) in [5.41, 5.74) is 1.11. The third kappa shape index (κ3) is 2.82. The maximum Gasteiger partial charge on any atom is 0.253 e. The summed E-state index contributed by atoms with van der Waals surface area (Å²) in [7, 11) is 0. The van der Waals surface area contributed by atoms with Crippen molar-refractivity contribution in [3.05, 3.63) is 35.4 Å². The van der Waals surface area contributed by atoms with Crippen molar-refractivity contribution in [3.8, 4) is 6.07 Å². The number of hydrogen-bond donors (Lipinski definition) is 0. The van der Waals surface area contributed by atoms with Crippen LogP contribution in [-0.4, -0.2) is 29.7 Å². The van der Waals surface area contributed by atoms with Crippen molar-refractivity contribution >= 4 is 11.7 Å². The molecule has 0 bridgehead atoms. The number of nitrogens with zero attached hydrogens (tertiary/aromatic N) is 2. The van der Waals surface area contributed by atoms with Gasteiger partial charge in [-0.2, -0.15) is 5.26 Å². The monoisotopic (exact) mass is 256 g/mol. The standard InChI is InChI=1S/C15H16N2O2/c1-2-12-10-17(8-7-14(12)18)15(19)13-5-3-11(9-16)4-6-13/h3-6,12H,2,7-8,10H2,1H3. The van der Waals surface area contributed by atoms with Crippen molar-refractivity contribution in [2.75, 3.05) is 13.1 Å². The highest BCUT2D eigenvalue weighted by molar-refractivity contribution is 5.95. The minimum Gasteiger partial charge on any atom is -0.337 e. The molecule has 0 aliphatic carbocycles. The number of piperidine rings is 1. The number of carbonyl (C=O) groups is 2. The zero-order valence-electron chi connectivity index (χ0n) is 10.9. The smallest absolute Gasteiger partial charge is 0.253 e. The van der Waals surface area contributed by atoms with Crippen LogP contribution in [0.25, 0.3) is 0 Å². The van der Waals surface area contributed by atoms with Crippen LogP contribution in [0.3, 0.4) is 0 Å². The summed E-state index contributed by atoms with van der Waals surface area (Å²) in [5.74, 6) is 0.165. The van der Waals surface area contributed by atoms with Gasteiger partial charge in [-0.3, -0.25) is 9.59 Å². The molecule has 0 N–H and O–H groups in total. The Kier molecular flexibility index (Phi) is 3.96. The van der Waals surface area contributed by atoms with E-state index >= 15 is 0 Å². The molecule has 0 radical (unpaired) electrons. The molecule has 1 unspecified atom stereocenters. The predicted octanol–water partition coefficient (Wildman–Crippen LogP) is 2.00. The van der Waals surface area contributed by atoms with Crippen LogP contribution in [0, 0.1) is 17.2 Å². The fourth-order valence-corrected chi connectivity index (χ4v) is 2.32. The van der Waals surface area contributed by atoms with Crippen LogP contribution < -0.4 is 0 Å². The second kappa shape index (κ2) is 5.66. The Morgan fingerprint density at radius 2 is 2.11 bits per heavy atom. The molecule has 1 heterocycles. The fraction of sp³-hybridized carbons (Fsp3) is 0.400. The van der Waals surface area contributed by atoms with E-state index in [9.17, 15) is 9.59 Å². The van der Waals surface area contributed by atoms with Gasteiger partial charge in [-0.1, -0.05) is 6.92 Å². The normalized spacial score (nSPS) is 19.1. The van der Waals surface area contributed by atoms with E-state index in [0.29, 0.717) is 30.6 Å². The topological polar surface area (TPSA) is 61.2 Å². The maximum atomic E-state index is 12.3. The van der Waals surface area contributed by atoms with Crippen molar-refractivity contribution < 1.29 is 9.59 Å². The zero-order chi connectivity index (χ0) is 13.8. The molecule has 1 fully saturated rings. The highest BCUT2D eigenvalue weighted by atomic mass is 16.2. The first-order chi connectivity index (χ1) is 9.15. The molecule has 1 saturated heterocycles. The number of rotatable bonds is 2. The van der Waals surface area contributed by atoms with Gasteiger partial charge in [0.15, 0.2) is 0 Å². The molecule has 1 aromatic rings. The zero-order valence-corrected chi connectivity index (χ0v) is 10.9. The SMILES string of the molecule is CCC1CN(C(=O)c2ccc(C#N)cc2)CCC1=O. The van der Waals surface area contributed by atoms with Gasteiger partial charge in [-0.05, 0) is 30.7 Å². The minimum atomic E-state index is -0.0598. The summed E-state index contributed by atoms with van der Waals surface area (Å²) in [6, 6.07) is 8.63. The molecule has 19 heavy (non-hydrogen) atoms. The fourth-order valence-electron chi connectivity index (χ4n) is 2.32. The quantitative estimate of drug-likeness (QED) is 0.813. The first kappa shape index (κ1) is 13.3. The van der Waals surface area contributed by atoms with Crippen molar-refractivity contribution in [1.82, 2.24) is 4.90 Å². The first-order valence-electron chi connectivity index (χ1n) is 6.48. The average molecular weight is 256 g/mol. The lowest BCUT2D eigenvalue weighted by molar-refractivity contribution is -0.125. The van der Waals surface area contributed by atoms with E-state index in [-0.39, 0.29) is 17.6 Å².